The summed E-state index contributed by atoms with van der Waals surface area (Å²) in [6, 6.07) is 5.70. The molecule has 2 rings (SSSR count). The lowest BCUT2D eigenvalue weighted by Gasteiger charge is -2.14. The van der Waals surface area contributed by atoms with Gasteiger partial charge in [0.05, 0.1) is 19.9 Å². The zero-order chi connectivity index (χ0) is 14.7. The molecule has 0 saturated carbocycles. The fourth-order valence-corrected chi connectivity index (χ4v) is 2.13. The Morgan fingerprint density at radius 2 is 1.80 bits per heavy atom. The van der Waals surface area contributed by atoms with E-state index in [-0.39, 0.29) is 0 Å². The zero-order valence-electron chi connectivity index (χ0n) is 12.4. The van der Waals surface area contributed by atoms with E-state index in [2.05, 4.69) is 15.3 Å². The normalized spacial score (nSPS) is 10.2. The van der Waals surface area contributed by atoms with Gasteiger partial charge in [0.15, 0.2) is 0 Å². The van der Waals surface area contributed by atoms with Crippen LogP contribution in [0.2, 0.25) is 0 Å². The highest BCUT2D eigenvalue weighted by atomic mass is 16.5. The van der Waals surface area contributed by atoms with Gasteiger partial charge in [-0.2, -0.15) is 0 Å². The molecule has 0 atom stereocenters. The highest BCUT2D eigenvalue weighted by molar-refractivity contribution is 5.74. The Bertz CT molecular complexity index is 627. The van der Waals surface area contributed by atoms with Crippen LogP contribution in [0, 0.1) is 13.8 Å². The third-order valence-electron chi connectivity index (χ3n) is 3.16. The highest BCUT2D eigenvalue weighted by Crippen LogP contribution is 2.35. The van der Waals surface area contributed by atoms with Crippen LogP contribution >= 0.6 is 0 Å². The summed E-state index contributed by atoms with van der Waals surface area (Å²) in [5.74, 6) is 3.02. The van der Waals surface area contributed by atoms with Crippen molar-refractivity contribution in [1.29, 1.82) is 0 Å². The number of aryl methyl sites for hydroxylation is 1. The van der Waals surface area contributed by atoms with Crippen molar-refractivity contribution < 1.29 is 9.47 Å². The largest absolute Gasteiger partial charge is 0.497 e. The molecule has 0 radical (unpaired) electrons. The van der Waals surface area contributed by atoms with Crippen LogP contribution in [0.25, 0.3) is 11.3 Å². The lowest BCUT2D eigenvalue weighted by Crippen LogP contribution is -2.03. The summed E-state index contributed by atoms with van der Waals surface area (Å²) in [7, 11) is 5.12. The van der Waals surface area contributed by atoms with Gasteiger partial charge in [0, 0.05) is 24.2 Å². The fraction of sp³-hybridized carbons (Fsp3) is 0.333. The number of aromatic nitrogens is 2. The fourth-order valence-electron chi connectivity index (χ4n) is 2.13. The Kier molecular flexibility index (Phi) is 4.08. The number of rotatable bonds is 4. The van der Waals surface area contributed by atoms with Crippen molar-refractivity contribution in [1.82, 2.24) is 9.97 Å². The van der Waals surface area contributed by atoms with Gasteiger partial charge in [-0.1, -0.05) is 0 Å². The van der Waals surface area contributed by atoms with Gasteiger partial charge in [0.25, 0.3) is 0 Å². The Hall–Kier alpha value is -2.30. The van der Waals surface area contributed by atoms with Crippen LogP contribution in [0.4, 0.5) is 5.82 Å². The molecule has 2 aromatic rings. The van der Waals surface area contributed by atoms with Gasteiger partial charge in [-0.25, -0.2) is 9.97 Å². The quantitative estimate of drug-likeness (QED) is 0.928. The van der Waals surface area contributed by atoms with E-state index in [1.807, 2.05) is 39.1 Å². The van der Waals surface area contributed by atoms with Crippen LogP contribution in [0.3, 0.4) is 0 Å². The molecule has 106 valence electrons. The molecule has 0 spiro atoms. The van der Waals surface area contributed by atoms with E-state index in [0.29, 0.717) is 5.82 Å². The Morgan fingerprint density at radius 1 is 1.05 bits per heavy atom. The Balaban J connectivity index is 2.64. The van der Waals surface area contributed by atoms with Gasteiger partial charge < -0.3 is 14.8 Å². The van der Waals surface area contributed by atoms with Crippen molar-refractivity contribution in [2.45, 2.75) is 13.8 Å². The predicted molar refractivity (Wildman–Crippen MR) is 79.6 cm³/mol. The van der Waals surface area contributed by atoms with E-state index in [4.69, 9.17) is 9.47 Å². The molecule has 1 heterocycles. The van der Waals surface area contributed by atoms with Crippen LogP contribution in [-0.2, 0) is 0 Å². The second-order valence-corrected chi connectivity index (χ2v) is 4.41. The summed E-state index contributed by atoms with van der Waals surface area (Å²) in [5, 5.41) is 3.09. The summed E-state index contributed by atoms with van der Waals surface area (Å²) >= 11 is 0. The molecule has 0 amide bonds. The van der Waals surface area contributed by atoms with Gasteiger partial charge in [-0.05, 0) is 26.0 Å². The third kappa shape index (κ3) is 2.52. The first-order valence-electron chi connectivity index (χ1n) is 6.36. The molecular formula is C15H19N3O2. The predicted octanol–water partition coefficient (Wildman–Crippen LogP) is 2.82. The van der Waals surface area contributed by atoms with Crippen LogP contribution in [0.1, 0.15) is 11.4 Å². The highest BCUT2D eigenvalue weighted by Gasteiger charge is 2.15. The van der Waals surface area contributed by atoms with E-state index in [9.17, 15) is 0 Å². The lowest BCUT2D eigenvalue weighted by molar-refractivity contribution is 0.395. The number of hydrogen-bond acceptors (Lipinski definition) is 5. The topological polar surface area (TPSA) is 56.3 Å². The number of anilines is 1. The van der Waals surface area contributed by atoms with E-state index in [1.54, 1.807) is 14.2 Å². The summed E-state index contributed by atoms with van der Waals surface area (Å²) in [4.78, 5) is 8.92. The molecule has 0 saturated heterocycles. The average molecular weight is 273 g/mol. The second kappa shape index (κ2) is 5.77. The monoisotopic (exact) mass is 273 g/mol. The molecule has 0 fully saturated rings. The van der Waals surface area contributed by atoms with Crippen molar-refractivity contribution in [2.24, 2.45) is 0 Å². The first-order chi connectivity index (χ1) is 9.60. The molecule has 5 nitrogen and oxygen atoms in total. The summed E-state index contributed by atoms with van der Waals surface area (Å²) in [5.41, 5.74) is 2.77. The van der Waals surface area contributed by atoms with Crippen molar-refractivity contribution in [3.8, 4) is 22.8 Å². The minimum absolute atomic E-state index is 0.716. The smallest absolute Gasteiger partial charge is 0.132 e. The van der Waals surface area contributed by atoms with Crippen molar-refractivity contribution in [3.05, 3.63) is 29.6 Å². The van der Waals surface area contributed by atoms with Crippen LogP contribution < -0.4 is 14.8 Å². The average Bonchev–Trinajstić information content (AvgIpc) is 2.48. The van der Waals surface area contributed by atoms with Crippen LogP contribution in [0.5, 0.6) is 11.5 Å². The van der Waals surface area contributed by atoms with Gasteiger partial charge in [-0.3, -0.25) is 0 Å². The number of hydrogen-bond donors (Lipinski definition) is 1. The second-order valence-electron chi connectivity index (χ2n) is 4.41. The van der Waals surface area contributed by atoms with Crippen molar-refractivity contribution in [3.63, 3.8) is 0 Å². The SMILES string of the molecule is CNc1nc(C)nc(-c2ccc(OC)cc2OC)c1C. The summed E-state index contributed by atoms with van der Waals surface area (Å²) < 4.78 is 10.7. The molecule has 1 N–H and O–H groups in total. The van der Waals surface area contributed by atoms with E-state index in [0.717, 1.165) is 34.1 Å². The minimum atomic E-state index is 0.716. The van der Waals surface area contributed by atoms with Crippen molar-refractivity contribution in [2.75, 3.05) is 26.6 Å². The maximum atomic E-state index is 5.45. The number of benzene rings is 1. The molecule has 0 bridgehead atoms. The maximum absolute atomic E-state index is 5.45. The Labute approximate surface area is 119 Å². The first-order valence-corrected chi connectivity index (χ1v) is 6.36. The standard InChI is InChI=1S/C15H19N3O2/c1-9-14(17-10(2)18-15(9)16-3)12-7-6-11(19-4)8-13(12)20-5/h6-8H,1-5H3,(H,16,17,18). The van der Waals surface area contributed by atoms with Gasteiger partial charge in [-0.15, -0.1) is 0 Å². The van der Waals surface area contributed by atoms with Gasteiger partial charge in [0.1, 0.15) is 23.1 Å². The van der Waals surface area contributed by atoms with Gasteiger partial charge >= 0.3 is 0 Å². The van der Waals surface area contributed by atoms with E-state index in [1.165, 1.54) is 0 Å². The minimum Gasteiger partial charge on any atom is -0.497 e. The molecule has 1 aromatic carbocycles. The molecule has 0 aliphatic heterocycles. The lowest BCUT2D eigenvalue weighted by atomic mass is 10.1. The third-order valence-corrected chi connectivity index (χ3v) is 3.16. The first kappa shape index (κ1) is 14.1. The number of nitrogens with one attached hydrogen (secondary N) is 1. The maximum Gasteiger partial charge on any atom is 0.132 e. The van der Waals surface area contributed by atoms with Crippen LogP contribution in [-0.4, -0.2) is 31.2 Å². The molecule has 0 aliphatic rings. The Morgan fingerprint density at radius 3 is 2.40 bits per heavy atom. The molecule has 20 heavy (non-hydrogen) atoms. The van der Waals surface area contributed by atoms with E-state index < -0.39 is 0 Å². The summed E-state index contributed by atoms with van der Waals surface area (Å²) in [6.07, 6.45) is 0. The molecule has 0 aliphatic carbocycles. The van der Waals surface area contributed by atoms with E-state index >= 15 is 0 Å². The number of ether oxygens (including phenoxy) is 2. The van der Waals surface area contributed by atoms with Crippen LogP contribution in [0.15, 0.2) is 18.2 Å². The molecular weight excluding hydrogens is 254 g/mol. The number of nitrogens with zero attached hydrogens (tertiary/aromatic N) is 2. The number of methoxy groups -OCH3 is 2. The molecule has 1 aromatic heterocycles. The van der Waals surface area contributed by atoms with Gasteiger partial charge in [0.2, 0.25) is 0 Å². The zero-order valence-corrected chi connectivity index (χ0v) is 12.4. The summed E-state index contributed by atoms with van der Waals surface area (Å²) in [6.45, 7) is 3.87. The van der Waals surface area contributed by atoms with Crippen molar-refractivity contribution >= 4 is 5.82 Å². The molecule has 5 heteroatoms. The molecule has 0 unspecified atom stereocenters.